The van der Waals surface area contributed by atoms with Gasteiger partial charge in [-0.25, -0.2) is 4.79 Å². The number of methoxy groups -OCH3 is 1. The molecule has 2 aromatic carbocycles. The van der Waals surface area contributed by atoms with E-state index in [-0.39, 0.29) is 28.8 Å². The SMILES string of the molecule is COC(=O)c1cccc(NC(=O)CC(C)CCc2ccccc2)c1O. The summed E-state index contributed by atoms with van der Waals surface area (Å²) in [5.41, 5.74) is 1.48. The Bertz CT molecular complexity index is 728. The molecular weight excluding hydrogens is 318 g/mol. The summed E-state index contributed by atoms with van der Waals surface area (Å²) in [6, 6.07) is 14.7. The minimum absolute atomic E-state index is 0.0254. The number of phenols is 1. The van der Waals surface area contributed by atoms with Gasteiger partial charge >= 0.3 is 5.97 Å². The van der Waals surface area contributed by atoms with E-state index in [2.05, 4.69) is 22.2 Å². The molecule has 2 rings (SSSR count). The van der Waals surface area contributed by atoms with Crippen LogP contribution in [0.1, 0.15) is 35.7 Å². The Labute approximate surface area is 147 Å². The maximum absolute atomic E-state index is 12.2. The number of rotatable bonds is 7. The van der Waals surface area contributed by atoms with Crippen molar-refractivity contribution in [3.63, 3.8) is 0 Å². The van der Waals surface area contributed by atoms with Gasteiger partial charge in [0.05, 0.1) is 12.8 Å². The fourth-order valence-corrected chi connectivity index (χ4v) is 2.60. The largest absolute Gasteiger partial charge is 0.505 e. The van der Waals surface area contributed by atoms with Crippen LogP contribution in [0, 0.1) is 5.92 Å². The van der Waals surface area contributed by atoms with Crippen molar-refractivity contribution in [2.75, 3.05) is 12.4 Å². The summed E-state index contributed by atoms with van der Waals surface area (Å²) >= 11 is 0. The van der Waals surface area contributed by atoms with Gasteiger partial charge in [-0.3, -0.25) is 4.79 Å². The molecule has 0 aliphatic carbocycles. The van der Waals surface area contributed by atoms with Crippen LogP contribution in [0.3, 0.4) is 0 Å². The molecule has 0 bridgehead atoms. The number of ether oxygens (including phenoxy) is 1. The summed E-state index contributed by atoms with van der Waals surface area (Å²) in [7, 11) is 1.24. The standard InChI is InChI=1S/C20H23NO4/c1-14(11-12-15-7-4-3-5-8-15)13-18(22)21-17-10-6-9-16(19(17)23)20(24)25-2/h3-10,14,23H,11-13H2,1-2H3,(H,21,22). The Morgan fingerprint density at radius 1 is 1.12 bits per heavy atom. The second-order valence-electron chi connectivity index (χ2n) is 6.08. The summed E-state index contributed by atoms with van der Waals surface area (Å²) in [6.07, 6.45) is 2.15. The molecule has 25 heavy (non-hydrogen) atoms. The molecule has 2 aromatic rings. The molecule has 1 amide bonds. The average Bonchev–Trinajstić information content (AvgIpc) is 2.62. The van der Waals surface area contributed by atoms with Crippen molar-refractivity contribution in [2.24, 2.45) is 5.92 Å². The van der Waals surface area contributed by atoms with Crippen LogP contribution < -0.4 is 5.32 Å². The number of aromatic hydroxyl groups is 1. The summed E-state index contributed by atoms with van der Waals surface area (Å²) in [4.78, 5) is 23.8. The minimum Gasteiger partial charge on any atom is -0.505 e. The van der Waals surface area contributed by atoms with Crippen LogP contribution in [0.5, 0.6) is 5.75 Å². The Hall–Kier alpha value is -2.82. The summed E-state index contributed by atoms with van der Waals surface area (Å²) in [6.45, 7) is 2.02. The number of nitrogens with one attached hydrogen (secondary N) is 1. The van der Waals surface area contributed by atoms with Crippen molar-refractivity contribution in [2.45, 2.75) is 26.2 Å². The van der Waals surface area contributed by atoms with Crippen LogP contribution in [-0.2, 0) is 16.0 Å². The first-order chi connectivity index (χ1) is 12.0. The molecule has 1 atom stereocenters. The van der Waals surface area contributed by atoms with E-state index >= 15 is 0 Å². The highest BCUT2D eigenvalue weighted by molar-refractivity contribution is 5.98. The van der Waals surface area contributed by atoms with Crippen LogP contribution in [0.4, 0.5) is 5.69 Å². The third-order valence-electron chi connectivity index (χ3n) is 4.02. The zero-order valence-electron chi connectivity index (χ0n) is 14.5. The van der Waals surface area contributed by atoms with Gasteiger partial charge in [-0.05, 0) is 36.5 Å². The van der Waals surface area contributed by atoms with Crippen LogP contribution in [0.2, 0.25) is 0 Å². The van der Waals surface area contributed by atoms with E-state index < -0.39 is 5.97 Å². The molecule has 0 aliphatic rings. The first-order valence-corrected chi connectivity index (χ1v) is 8.25. The number of esters is 1. The normalized spacial score (nSPS) is 11.6. The molecule has 0 spiro atoms. The number of para-hydroxylation sites is 1. The molecule has 132 valence electrons. The molecular formula is C20H23NO4. The van der Waals surface area contributed by atoms with Crippen LogP contribution in [0.15, 0.2) is 48.5 Å². The molecule has 0 saturated heterocycles. The van der Waals surface area contributed by atoms with E-state index in [1.54, 1.807) is 12.1 Å². The van der Waals surface area contributed by atoms with Crippen molar-refractivity contribution in [3.8, 4) is 5.75 Å². The first-order valence-electron chi connectivity index (χ1n) is 8.25. The summed E-state index contributed by atoms with van der Waals surface area (Å²) in [5.74, 6) is -0.923. The van der Waals surface area contributed by atoms with Crippen LogP contribution in [-0.4, -0.2) is 24.1 Å². The number of carbonyl (C=O) groups is 2. The highest BCUT2D eigenvalue weighted by Crippen LogP contribution is 2.28. The predicted molar refractivity (Wildman–Crippen MR) is 96.6 cm³/mol. The number of aryl methyl sites for hydroxylation is 1. The zero-order chi connectivity index (χ0) is 18.2. The van der Waals surface area contributed by atoms with Crippen molar-refractivity contribution >= 4 is 17.6 Å². The molecule has 5 heteroatoms. The summed E-state index contributed by atoms with van der Waals surface area (Å²) < 4.78 is 4.60. The predicted octanol–water partition coefficient (Wildman–Crippen LogP) is 3.78. The Kier molecular flexibility index (Phi) is 6.57. The third-order valence-corrected chi connectivity index (χ3v) is 4.02. The van der Waals surface area contributed by atoms with Crippen molar-refractivity contribution < 1.29 is 19.4 Å². The number of anilines is 1. The highest BCUT2D eigenvalue weighted by Gasteiger charge is 2.17. The van der Waals surface area contributed by atoms with Crippen molar-refractivity contribution in [3.05, 3.63) is 59.7 Å². The summed E-state index contributed by atoms with van der Waals surface area (Å²) in [5, 5.41) is 12.8. The van der Waals surface area contributed by atoms with Gasteiger partial charge in [-0.2, -0.15) is 0 Å². The van der Waals surface area contributed by atoms with E-state index in [1.165, 1.54) is 18.7 Å². The maximum Gasteiger partial charge on any atom is 0.341 e. The van der Waals surface area contributed by atoms with Gasteiger partial charge in [0.25, 0.3) is 0 Å². The van der Waals surface area contributed by atoms with E-state index in [0.29, 0.717) is 6.42 Å². The lowest BCUT2D eigenvalue weighted by molar-refractivity contribution is -0.117. The molecule has 0 fully saturated rings. The van der Waals surface area contributed by atoms with E-state index in [9.17, 15) is 14.7 Å². The minimum atomic E-state index is -0.648. The molecule has 0 aromatic heterocycles. The molecule has 2 N–H and O–H groups in total. The lowest BCUT2D eigenvalue weighted by atomic mass is 9.98. The lowest BCUT2D eigenvalue weighted by Gasteiger charge is -2.13. The molecule has 0 saturated carbocycles. The number of phenolic OH excluding ortho intramolecular Hbond substituents is 1. The van der Waals surface area contributed by atoms with Crippen molar-refractivity contribution in [1.29, 1.82) is 0 Å². The quantitative estimate of drug-likeness (QED) is 0.594. The van der Waals surface area contributed by atoms with Crippen LogP contribution >= 0.6 is 0 Å². The molecule has 0 aliphatic heterocycles. The molecule has 1 unspecified atom stereocenters. The van der Waals surface area contributed by atoms with Gasteiger partial charge in [0.15, 0.2) is 5.75 Å². The Balaban J connectivity index is 1.90. The van der Waals surface area contributed by atoms with Crippen LogP contribution in [0.25, 0.3) is 0 Å². The number of amides is 1. The Morgan fingerprint density at radius 2 is 1.84 bits per heavy atom. The average molecular weight is 341 g/mol. The number of hydrogen-bond donors (Lipinski definition) is 2. The van der Waals surface area contributed by atoms with E-state index in [4.69, 9.17) is 0 Å². The van der Waals surface area contributed by atoms with Crippen molar-refractivity contribution in [1.82, 2.24) is 0 Å². The first kappa shape index (κ1) is 18.5. The number of hydrogen-bond acceptors (Lipinski definition) is 4. The van der Waals surface area contributed by atoms with Gasteiger partial charge in [0.1, 0.15) is 5.56 Å². The smallest absolute Gasteiger partial charge is 0.341 e. The number of benzene rings is 2. The lowest BCUT2D eigenvalue weighted by Crippen LogP contribution is -2.16. The monoisotopic (exact) mass is 341 g/mol. The fraction of sp³-hybridized carbons (Fsp3) is 0.300. The van der Waals surface area contributed by atoms with Gasteiger partial charge in [-0.1, -0.05) is 43.3 Å². The molecule has 0 heterocycles. The van der Waals surface area contributed by atoms with Gasteiger partial charge in [-0.15, -0.1) is 0 Å². The molecule has 0 radical (unpaired) electrons. The fourth-order valence-electron chi connectivity index (χ4n) is 2.60. The second kappa shape index (κ2) is 8.87. The topological polar surface area (TPSA) is 75.6 Å². The maximum atomic E-state index is 12.2. The van der Waals surface area contributed by atoms with Gasteiger partial charge in [0.2, 0.25) is 5.91 Å². The second-order valence-corrected chi connectivity index (χ2v) is 6.08. The van der Waals surface area contributed by atoms with Gasteiger partial charge in [0, 0.05) is 6.42 Å². The third kappa shape index (κ3) is 5.35. The van der Waals surface area contributed by atoms with E-state index in [0.717, 1.165) is 12.8 Å². The Morgan fingerprint density at radius 3 is 2.52 bits per heavy atom. The zero-order valence-corrected chi connectivity index (χ0v) is 14.5. The van der Waals surface area contributed by atoms with Gasteiger partial charge < -0.3 is 15.2 Å². The highest BCUT2D eigenvalue weighted by atomic mass is 16.5. The molecule has 5 nitrogen and oxygen atoms in total. The number of carbonyl (C=O) groups excluding carboxylic acids is 2. The van der Waals surface area contributed by atoms with E-state index in [1.807, 2.05) is 25.1 Å².